The normalized spacial score (nSPS) is 13.3. The van der Waals surface area contributed by atoms with Crippen molar-refractivity contribution in [1.82, 2.24) is 0 Å². The van der Waals surface area contributed by atoms with Crippen molar-refractivity contribution in [1.29, 1.82) is 0 Å². The van der Waals surface area contributed by atoms with E-state index in [0.29, 0.717) is 90.3 Å². The summed E-state index contributed by atoms with van der Waals surface area (Å²) >= 11 is 0. The van der Waals surface area contributed by atoms with E-state index in [0.717, 1.165) is 114 Å². The highest BCUT2D eigenvalue weighted by molar-refractivity contribution is 5.43. The topological polar surface area (TPSA) is 162 Å². The molecule has 0 fully saturated rings. The zero-order chi connectivity index (χ0) is 108. The first-order valence-corrected chi connectivity index (χ1v) is 53.5. The van der Waals surface area contributed by atoms with Gasteiger partial charge in [0.2, 0.25) is 0 Å². The van der Waals surface area contributed by atoms with Crippen LogP contribution < -0.4 is 37.9 Å². The Morgan fingerprint density at radius 1 is 0.233 bits per heavy atom. The number of benzene rings is 12. The van der Waals surface area contributed by atoms with Crippen molar-refractivity contribution in [3.05, 3.63) is 363 Å². The predicted octanol–water partition coefficient (Wildman–Crippen LogP) is 36.8. The van der Waals surface area contributed by atoms with Crippen LogP contribution in [-0.4, -0.2) is 76.3 Å². The molecule has 12 atom stereocenters. The molecule has 0 saturated carbocycles. The molecule has 0 heterocycles. The lowest BCUT2D eigenvalue weighted by Gasteiger charge is -2.20. The minimum atomic E-state index is -0.360. The number of phenols is 3. The molecule has 12 unspecified atom stereocenters. The monoisotopic (exact) mass is 2000 g/mol. The van der Waals surface area contributed by atoms with Gasteiger partial charge in [-0.1, -0.05) is 336 Å². The Bertz CT molecular complexity index is 5160. The zero-order valence-corrected chi connectivity index (χ0v) is 95.3. The molecule has 0 saturated heterocycles. The first kappa shape index (κ1) is 127. The van der Waals surface area contributed by atoms with Crippen LogP contribution in [0.25, 0.3) is 0 Å². The van der Waals surface area contributed by atoms with Crippen molar-refractivity contribution in [2.24, 2.45) is 0 Å². The standard InChI is InChI=1S/C23H32O4.C21H28O4.C19H24O2.2C14H22.C11H16O.3C10H14O/c1-6-17(2)19-9-12-21(13-10-19)27-18(3)26-15-7-8-20-11-14-22(24-4)16-23(20)25-5;1-6-15(2)17-7-10-19(11-8-17)25-16(3)24-14-18-9-12-20(22-4)13-21(18)23-5;1-4-15(2)18-10-12-19(13-11-18)21-16(3)20-14-17-8-6-5-7-9-17;2*1-6-11(2)12-7-9-13(10-8-12)14(3,4)5;1-4-9(2)10-5-7-11(12-3)8-6-10;3*1-3-8(2)9-4-6-10(11)7-5-9/h9-14,16-18H,6-8,15H2,1-5H3;7-13,15-16H,6,14H2,1-5H3;5-13,15-16H,4,14H2,1-3H3;2*7-11H,6H2,1-5H3;5-9H,4H2,1-3H3;3*4-8,11H,3H2,1-2H3. The summed E-state index contributed by atoms with van der Waals surface area (Å²) in [5, 5.41) is 27.0. The van der Waals surface area contributed by atoms with Crippen LogP contribution in [0.2, 0.25) is 0 Å². The highest BCUT2D eigenvalue weighted by atomic mass is 16.7. The van der Waals surface area contributed by atoms with Gasteiger partial charge in [0.25, 0.3) is 0 Å². The van der Waals surface area contributed by atoms with Gasteiger partial charge in [0.05, 0.1) is 55.4 Å². The zero-order valence-electron chi connectivity index (χ0n) is 95.3. The van der Waals surface area contributed by atoms with E-state index in [2.05, 4.69) is 263 Å². The molecule has 0 bridgehead atoms. The summed E-state index contributed by atoms with van der Waals surface area (Å²) in [5.74, 6) is 13.1. The summed E-state index contributed by atoms with van der Waals surface area (Å²) in [7, 11) is 8.29. The lowest BCUT2D eigenvalue weighted by atomic mass is 9.85. The summed E-state index contributed by atoms with van der Waals surface area (Å²) in [4.78, 5) is 0. The van der Waals surface area contributed by atoms with E-state index < -0.39 is 0 Å². The second-order valence-electron chi connectivity index (χ2n) is 40.3. The average Bonchev–Trinajstić information content (AvgIpc) is 0.847. The number of phenolic OH excluding ortho intramolecular Hbond substituents is 3. The van der Waals surface area contributed by atoms with Crippen molar-refractivity contribution in [2.75, 3.05) is 42.2 Å². The van der Waals surface area contributed by atoms with E-state index in [1.807, 2.05) is 172 Å². The Morgan fingerprint density at radius 3 is 0.712 bits per heavy atom. The molecule has 12 aromatic rings. The van der Waals surface area contributed by atoms with E-state index >= 15 is 0 Å². The lowest BCUT2D eigenvalue weighted by molar-refractivity contribution is -0.0764. The average molecular weight is 2000 g/mol. The van der Waals surface area contributed by atoms with Crippen LogP contribution in [0.4, 0.5) is 0 Å². The van der Waals surface area contributed by atoms with E-state index in [1.54, 1.807) is 71.9 Å². The molecule has 0 radical (unpaired) electrons. The van der Waals surface area contributed by atoms with Crippen LogP contribution in [0, 0.1) is 0 Å². The van der Waals surface area contributed by atoms with E-state index in [1.165, 1.54) is 80.5 Å². The van der Waals surface area contributed by atoms with Crippen molar-refractivity contribution < 1.29 is 67.4 Å². The molecule has 12 rings (SSSR count). The number of hydrogen-bond acceptors (Lipinski definition) is 14. The van der Waals surface area contributed by atoms with Gasteiger partial charge in [-0.25, -0.2) is 0 Å². The van der Waals surface area contributed by atoms with Crippen LogP contribution in [0.5, 0.6) is 63.2 Å². The molecule has 0 aliphatic heterocycles. The van der Waals surface area contributed by atoms with Gasteiger partial charge in [-0.2, -0.15) is 0 Å². The van der Waals surface area contributed by atoms with Gasteiger partial charge < -0.3 is 67.4 Å². The Labute approximate surface area is 884 Å². The van der Waals surface area contributed by atoms with Gasteiger partial charge >= 0.3 is 0 Å². The number of ether oxygens (including phenoxy) is 11. The molecule has 798 valence electrons. The Balaban J connectivity index is 0.000000349. The molecule has 0 spiro atoms. The molecule has 0 aromatic heterocycles. The summed E-state index contributed by atoms with van der Waals surface area (Å²) in [6.07, 6.45) is 11.3. The largest absolute Gasteiger partial charge is 0.508 e. The van der Waals surface area contributed by atoms with Gasteiger partial charge in [0.15, 0.2) is 18.9 Å². The fourth-order valence-electron chi connectivity index (χ4n) is 14.9. The quantitative estimate of drug-likeness (QED) is 0.0246. The maximum absolute atomic E-state index is 9.01. The SMILES string of the molecule is CCC(C)c1ccc(C(C)(C)C)cc1.CCC(C)c1ccc(C(C)(C)C)cc1.CCC(C)c1ccc(O)cc1.CCC(C)c1ccc(O)cc1.CCC(C)c1ccc(O)cc1.CCC(C)c1ccc(OC(C)OCCCc2ccc(OC)cc2OC)cc1.CCC(C)c1ccc(OC(C)OCc2ccc(OC)cc2OC)cc1.CCC(C)c1ccc(OC(C)OCc2ccccc2)cc1.CCC(C)c1ccc(OC)cc1. The van der Waals surface area contributed by atoms with Crippen LogP contribution in [-0.2, 0) is 44.7 Å². The number of hydrogen-bond donors (Lipinski definition) is 3. The second kappa shape index (κ2) is 69.5. The maximum atomic E-state index is 9.01. The Kier molecular flexibility index (Phi) is 60.2. The third-order valence-corrected chi connectivity index (χ3v) is 27.3. The minimum absolute atomic E-state index is 0.264. The molecule has 0 aliphatic carbocycles. The summed E-state index contributed by atoms with van der Waals surface area (Å²) in [6, 6.07) is 95.2. The molecule has 146 heavy (non-hydrogen) atoms. The van der Waals surface area contributed by atoms with Crippen LogP contribution >= 0.6 is 0 Å². The summed E-state index contributed by atoms with van der Waals surface area (Å²) in [5.41, 5.74) is 18.8. The maximum Gasteiger partial charge on any atom is 0.197 e. The first-order valence-electron chi connectivity index (χ1n) is 53.5. The molecule has 0 aliphatic rings. The van der Waals surface area contributed by atoms with Gasteiger partial charge in [-0.05, 0) is 331 Å². The summed E-state index contributed by atoms with van der Waals surface area (Å²) < 4.78 is 61.1. The Morgan fingerprint density at radius 2 is 0.459 bits per heavy atom. The Hall–Kier alpha value is -11.7. The second-order valence-corrected chi connectivity index (χ2v) is 40.3. The fraction of sp³-hybridized carbons (Fsp3) is 0.455. The number of aromatic hydroxyl groups is 3. The third kappa shape index (κ3) is 48.3. The minimum Gasteiger partial charge on any atom is -0.508 e. The molecule has 0 amide bonds. The van der Waals surface area contributed by atoms with Crippen molar-refractivity contribution in [3.8, 4) is 63.2 Å². The smallest absolute Gasteiger partial charge is 0.197 e. The van der Waals surface area contributed by atoms with Crippen molar-refractivity contribution in [3.63, 3.8) is 0 Å². The molecule has 12 aromatic carbocycles. The lowest BCUT2D eigenvalue weighted by Crippen LogP contribution is -2.17. The van der Waals surface area contributed by atoms with Crippen LogP contribution in [0.15, 0.2) is 285 Å². The van der Waals surface area contributed by atoms with E-state index in [4.69, 9.17) is 67.4 Å². The van der Waals surface area contributed by atoms with Crippen molar-refractivity contribution >= 4 is 0 Å². The number of aryl methyl sites for hydroxylation is 1. The molecular weight excluding hydrogens is 1810 g/mol. The molecule has 14 heteroatoms. The molecule has 14 nitrogen and oxygen atoms in total. The number of rotatable bonds is 40. The number of methoxy groups -OCH3 is 5. The third-order valence-electron chi connectivity index (χ3n) is 27.3. The van der Waals surface area contributed by atoms with E-state index in [9.17, 15) is 0 Å². The predicted molar refractivity (Wildman–Crippen MR) is 615 cm³/mol. The van der Waals surface area contributed by atoms with Crippen molar-refractivity contribution in [2.45, 2.75) is 354 Å². The first-order chi connectivity index (χ1) is 69.7. The molecule has 3 N–H and O–H groups in total. The highest BCUT2D eigenvalue weighted by Gasteiger charge is 2.19. The van der Waals surface area contributed by atoms with E-state index in [-0.39, 0.29) is 29.7 Å². The fourth-order valence-corrected chi connectivity index (χ4v) is 14.9. The van der Waals surface area contributed by atoms with Gasteiger partial charge in [-0.15, -0.1) is 0 Å². The van der Waals surface area contributed by atoms with Crippen LogP contribution in [0.1, 0.15) is 382 Å². The van der Waals surface area contributed by atoms with Gasteiger partial charge in [0.1, 0.15) is 63.2 Å². The molecular formula is C132H186O14. The van der Waals surface area contributed by atoms with Crippen LogP contribution in [0.3, 0.4) is 0 Å². The van der Waals surface area contributed by atoms with Gasteiger partial charge in [-0.3, -0.25) is 0 Å². The van der Waals surface area contributed by atoms with Gasteiger partial charge in [0, 0.05) is 17.7 Å². The highest BCUT2D eigenvalue weighted by Crippen LogP contribution is 2.34. The summed E-state index contributed by atoms with van der Waals surface area (Å²) in [6.45, 7) is 60.7.